The number of nitrogens with one attached hydrogen (secondary N) is 1. The first-order valence-electron chi connectivity index (χ1n) is 11.8. The summed E-state index contributed by atoms with van der Waals surface area (Å²) in [6.07, 6.45) is 7.04. The van der Waals surface area contributed by atoms with Gasteiger partial charge in [-0.2, -0.15) is 0 Å². The quantitative estimate of drug-likeness (QED) is 0.591. The van der Waals surface area contributed by atoms with Gasteiger partial charge < -0.3 is 19.5 Å². The average Bonchev–Trinajstić information content (AvgIpc) is 2.79. The second kappa shape index (κ2) is 10.1. The van der Waals surface area contributed by atoms with Crippen LogP contribution >= 0.6 is 0 Å². The van der Waals surface area contributed by atoms with Crippen LogP contribution in [0.25, 0.3) is 0 Å². The first-order chi connectivity index (χ1) is 15.0. The monoisotopic (exact) mass is 423 g/mol. The second-order valence-electron chi connectivity index (χ2n) is 9.89. The van der Waals surface area contributed by atoms with Crippen LogP contribution in [-0.4, -0.2) is 32.4 Å². The number of rotatable bonds is 8. The predicted octanol–water partition coefficient (Wildman–Crippen LogP) is 5.71. The molecule has 0 aromatic heterocycles. The number of aryl methyl sites for hydroxylation is 1. The van der Waals surface area contributed by atoms with Gasteiger partial charge in [-0.1, -0.05) is 44.2 Å². The number of benzene rings is 2. The molecule has 0 radical (unpaired) electrons. The van der Waals surface area contributed by atoms with Gasteiger partial charge in [-0.25, -0.2) is 0 Å². The van der Waals surface area contributed by atoms with Crippen LogP contribution in [0.2, 0.25) is 0 Å². The van der Waals surface area contributed by atoms with E-state index in [-0.39, 0.29) is 11.5 Å². The zero-order chi connectivity index (χ0) is 21.7. The molecule has 0 spiro atoms. The van der Waals surface area contributed by atoms with E-state index in [1.807, 2.05) is 0 Å². The number of methoxy groups -OCH3 is 1. The fraction of sp³-hybridized carbons (Fsp3) is 0.556. The van der Waals surface area contributed by atoms with E-state index in [9.17, 15) is 0 Å². The topological polar surface area (TPSA) is 39.7 Å². The number of ether oxygens (including phenoxy) is 3. The van der Waals surface area contributed by atoms with Crippen molar-refractivity contribution < 1.29 is 14.2 Å². The highest BCUT2D eigenvalue weighted by atomic mass is 16.5. The molecule has 1 heterocycles. The van der Waals surface area contributed by atoms with Crippen LogP contribution in [0, 0.1) is 5.41 Å². The van der Waals surface area contributed by atoms with E-state index in [0.717, 1.165) is 50.3 Å². The van der Waals surface area contributed by atoms with Crippen molar-refractivity contribution in [2.75, 3.05) is 20.3 Å². The van der Waals surface area contributed by atoms with Gasteiger partial charge in [0.05, 0.1) is 12.7 Å². The summed E-state index contributed by atoms with van der Waals surface area (Å²) in [5.41, 5.74) is 2.69. The van der Waals surface area contributed by atoms with Gasteiger partial charge in [0, 0.05) is 25.1 Å². The molecule has 4 nitrogen and oxygen atoms in total. The van der Waals surface area contributed by atoms with E-state index in [2.05, 4.69) is 67.7 Å². The molecule has 0 bridgehead atoms. The molecule has 4 heteroatoms. The van der Waals surface area contributed by atoms with E-state index in [1.165, 1.54) is 24.0 Å². The number of fused-ring (bicyclic) bond motifs is 1. The van der Waals surface area contributed by atoms with E-state index < -0.39 is 0 Å². The summed E-state index contributed by atoms with van der Waals surface area (Å²) >= 11 is 0. The van der Waals surface area contributed by atoms with Gasteiger partial charge in [-0.15, -0.1) is 0 Å². The van der Waals surface area contributed by atoms with Gasteiger partial charge in [0.2, 0.25) is 0 Å². The van der Waals surface area contributed by atoms with Crippen molar-refractivity contribution in [2.45, 2.75) is 70.6 Å². The Morgan fingerprint density at radius 3 is 2.52 bits per heavy atom. The molecule has 2 aliphatic rings. The summed E-state index contributed by atoms with van der Waals surface area (Å²) in [7, 11) is 1.78. The highest BCUT2D eigenvalue weighted by Crippen LogP contribution is 2.37. The maximum Gasteiger partial charge on any atom is 0.124 e. The van der Waals surface area contributed by atoms with Crippen molar-refractivity contribution in [3.8, 4) is 11.5 Å². The molecule has 1 fully saturated rings. The van der Waals surface area contributed by atoms with Crippen LogP contribution in [0.4, 0.5) is 0 Å². The summed E-state index contributed by atoms with van der Waals surface area (Å²) in [5, 5.41) is 3.74. The summed E-state index contributed by atoms with van der Waals surface area (Å²) in [5.74, 6) is 1.98. The number of hydrogen-bond donors (Lipinski definition) is 1. The third-order valence-corrected chi connectivity index (χ3v) is 6.53. The lowest BCUT2D eigenvalue weighted by Crippen LogP contribution is -2.42. The van der Waals surface area contributed by atoms with Crippen LogP contribution < -0.4 is 14.8 Å². The minimum absolute atomic E-state index is 0.150. The van der Waals surface area contributed by atoms with Crippen molar-refractivity contribution in [3.63, 3.8) is 0 Å². The predicted molar refractivity (Wildman–Crippen MR) is 125 cm³/mol. The Morgan fingerprint density at radius 2 is 1.77 bits per heavy atom. The Hall–Kier alpha value is -2.04. The average molecular weight is 424 g/mol. The third kappa shape index (κ3) is 6.02. The van der Waals surface area contributed by atoms with Crippen molar-refractivity contribution in [1.82, 2.24) is 5.32 Å². The normalized spacial score (nSPS) is 23.6. The molecular weight excluding hydrogens is 386 g/mol. The van der Waals surface area contributed by atoms with Gasteiger partial charge in [-0.05, 0) is 67.9 Å². The van der Waals surface area contributed by atoms with E-state index in [1.54, 1.807) is 7.11 Å². The second-order valence-corrected chi connectivity index (χ2v) is 9.89. The van der Waals surface area contributed by atoms with Crippen LogP contribution in [0.15, 0.2) is 48.5 Å². The molecule has 2 aromatic rings. The third-order valence-electron chi connectivity index (χ3n) is 6.53. The van der Waals surface area contributed by atoms with Gasteiger partial charge >= 0.3 is 0 Å². The number of hydrogen-bond acceptors (Lipinski definition) is 4. The maximum atomic E-state index is 6.36. The fourth-order valence-electron chi connectivity index (χ4n) is 4.78. The lowest BCUT2D eigenvalue weighted by Gasteiger charge is -2.33. The maximum absolute atomic E-state index is 6.36. The molecule has 4 rings (SSSR count). The molecule has 31 heavy (non-hydrogen) atoms. The lowest BCUT2D eigenvalue weighted by atomic mass is 9.90. The molecule has 2 aromatic carbocycles. The van der Waals surface area contributed by atoms with Gasteiger partial charge in [-0.3, -0.25) is 0 Å². The fourth-order valence-corrected chi connectivity index (χ4v) is 4.78. The molecule has 1 aliphatic carbocycles. The zero-order valence-corrected chi connectivity index (χ0v) is 19.2. The Balaban J connectivity index is 1.26. The Morgan fingerprint density at radius 1 is 1.00 bits per heavy atom. The van der Waals surface area contributed by atoms with Crippen molar-refractivity contribution >= 4 is 0 Å². The van der Waals surface area contributed by atoms with E-state index in [0.29, 0.717) is 12.1 Å². The lowest BCUT2D eigenvalue weighted by molar-refractivity contribution is 0.0942. The van der Waals surface area contributed by atoms with E-state index in [4.69, 9.17) is 14.2 Å². The van der Waals surface area contributed by atoms with Crippen LogP contribution in [0.1, 0.15) is 63.2 Å². The van der Waals surface area contributed by atoms with Crippen LogP contribution in [0.5, 0.6) is 11.5 Å². The van der Waals surface area contributed by atoms with Crippen molar-refractivity contribution in [3.05, 3.63) is 59.7 Å². The van der Waals surface area contributed by atoms with Gasteiger partial charge in [0.15, 0.2) is 0 Å². The SMILES string of the molecule is COCC(C)(C)CNC1CCC(Oc2ccc3c(c2)CCC(c2ccccc2)O3)CC1. The first-order valence-corrected chi connectivity index (χ1v) is 11.8. The molecule has 1 unspecified atom stereocenters. The minimum atomic E-state index is 0.150. The minimum Gasteiger partial charge on any atom is -0.490 e. The first kappa shape index (κ1) is 22.2. The van der Waals surface area contributed by atoms with Crippen LogP contribution in [0.3, 0.4) is 0 Å². The van der Waals surface area contributed by atoms with Crippen LogP contribution in [-0.2, 0) is 11.2 Å². The highest BCUT2D eigenvalue weighted by molar-refractivity contribution is 5.42. The zero-order valence-electron chi connectivity index (χ0n) is 19.2. The largest absolute Gasteiger partial charge is 0.490 e. The molecule has 1 atom stereocenters. The molecule has 0 amide bonds. The molecular formula is C27H37NO3. The summed E-state index contributed by atoms with van der Waals surface area (Å²) in [6.45, 7) is 6.28. The Bertz CT molecular complexity index is 828. The van der Waals surface area contributed by atoms with Crippen molar-refractivity contribution in [2.24, 2.45) is 5.41 Å². The molecule has 168 valence electrons. The molecule has 1 saturated carbocycles. The Kier molecular flexibility index (Phi) is 7.19. The molecule has 0 saturated heterocycles. The van der Waals surface area contributed by atoms with Gasteiger partial charge in [0.25, 0.3) is 0 Å². The summed E-state index contributed by atoms with van der Waals surface area (Å²) < 4.78 is 18.0. The molecule has 1 aliphatic heterocycles. The van der Waals surface area contributed by atoms with E-state index >= 15 is 0 Å². The van der Waals surface area contributed by atoms with Gasteiger partial charge in [0.1, 0.15) is 17.6 Å². The summed E-state index contributed by atoms with van der Waals surface area (Å²) in [4.78, 5) is 0. The Labute approximate surface area is 187 Å². The highest BCUT2D eigenvalue weighted by Gasteiger charge is 2.26. The summed E-state index contributed by atoms with van der Waals surface area (Å²) in [6, 6.07) is 17.4. The smallest absolute Gasteiger partial charge is 0.124 e. The molecule has 1 N–H and O–H groups in total. The standard InChI is InChI=1S/C27H37NO3/c1-27(2,19-29-3)18-28-22-10-12-23(13-11-22)30-24-14-16-26-21(17-24)9-15-25(31-26)20-7-5-4-6-8-20/h4-8,14,16-17,22-23,25,28H,9-13,15,18-19H2,1-3H3. The van der Waals surface area contributed by atoms with Crippen molar-refractivity contribution in [1.29, 1.82) is 0 Å².